The van der Waals surface area contributed by atoms with Crippen LogP contribution in [0, 0.1) is 0 Å². The van der Waals surface area contributed by atoms with Crippen LogP contribution in [-0.2, 0) is 6.42 Å². The van der Waals surface area contributed by atoms with Crippen LogP contribution in [0.15, 0.2) is 53.5 Å². The first-order valence-corrected chi connectivity index (χ1v) is 6.70. The standard InChI is InChI=1S/C17H17NO2/c1-12(18-14-7-9-15(19-2)10-8-14)17-11-13-5-3-4-6-16(13)20-17/h3-10,17H,11H2,1-2H3. The van der Waals surface area contributed by atoms with Gasteiger partial charge < -0.3 is 9.47 Å². The number of hydrogen-bond donors (Lipinski definition) is 0. The third-order valence-electron chi connectivity index (χ3n) is 3.49. The quantitative estimate of drug-likeness (QED) is 0.792. The summed E-state index contributed by atoms with van der Waals surface area (Å²) in [5.74, 6) is 1.81. The monoisotopic (exact) mass is 267 g/mol. The smallest absolute Gasteiger partial charge is 0.141 e. The molecule has 3 nitrogen and oxygen atoms in total. The first-order chi connectivity index (χ1) is 9.76. The number of methoxy groups -OCH3 is 1. The lowest BCUT2D eigenvalue weighted by molar-refractivity contribution is 0.301. The largest absolute Gasteiger partial charge is 0.497 e. The molecule has 2 aromatic carbocycles. The van der Waals surface area contributed by atoms with E-state index in [9.17, 15) is 0 Å². The lowest BCUT2D eigenvalue weighted by Gasteiger charge is -2.10. The molecular weight excluding hydrogens is 250 g/mol. The van der Waals surface area contributed by atoms with Gasteiger partial charge in [0.05, 0.1) is 18.5 Å². The molecule has 0 aromatic heterocycles. The first-order valence-electron chi connectivity index (χ1n) is 6.70. The summed E-state index contributed by atoms with van der Waals surface area (Å²) in [4.78, 5) is 4.64. The van der Waals surface area contributed by atoms with Gasteiger partial charge in [0, 0.05) is 6.42 Å². The lowest BCUT2D eigenvalue weighted by Crippen LogP contribution is -2.22. The van der Waals surface area contributed by atoms with Crippen LogP contribution in [0.2, 0.25) is 0 Å². The molecule has 0 N–H and O–H groups in total. The van der Waals surface area contributed by atoms with E-state index in [0.29, 0.717) is 0 Å². The minimum Gasteiger partial charge on any atom is -0.497 e. The molecule has 2 aromatic rings. The third-order valence-corrected chi connectivity index (χ3v) is 3.49. The summed E-state index contributed by atoms with van der Waals surface area (Å²) in [6, 6.07) is 15.9. The van der Waals surface area contributed by atoms with E-state index >= 15 is 0 Å². The number of benzene rings is 2. The Morgan fingerprint density at radius 2 is 1.90 bits per heavy atom. The minimum atomic E-state index is 0.0366. The summed E-state index contributed by atoms with van der Waals surface area (Å²) in [6.45, 7) is 2.01. The van der Waals surface area contributed by atoms with Gasteiger partial charge in [-0.1, -0.05) is 18.2 Å². The summed E-state index contributed by atoms with van der Waals surface area (Å²) < 4.78 is 11.1. The Bertz CT molecular complexity index is 607. The van der Waals surface area contributed by atoms with E-state index in [2.05, 4.69) is 11.1 Å². The highest BCUT2D eigenvalue weighted by Gasteiger charge is 2.24. The highest BCUT2D eigenvalue weighted by Crippen LogP contribution is 2.29. The summed E-state index contributed by atoms with van der Waals surface area (Å²) in [7, 11) is 1.66. The van der Waals surface area contributed by atoms with Crippen molar-refractivity contribution in [3.05, 3.63) is 54.1 Å². The van der Waals surface area contributed by atoms with E-state index in [-0.39, 0.29) is 6.10 Å². The summed E-state index contributed by atoms with van der Waals surface area (Å²) in [5.41, 5.74) is 3.16. The Labute approximate surface area is 118 Å². The molecule has 1 heterocycles. The van der Waals surface area contributed by atoms with Gasteiger partial charge in [0.15, 0.2) is 0 Å². The van der Waals surface area contributed by atoms with Crippen molar-refractivity contribution in [1.82, 2.24) is 0 Å². The topological polar surface area (TPSA) is 30.8 Å². The number of fused-ring (bicyclic) bond motifs is 1. The fourth-order valence-electron chi connectivity index (χ4n) is 2.35. The van der Waals surface area contributed by atoms with Gasteiger partial charge in [-0.3, -0.25) is 4.99 Å². The Kier molecular flexibility index (Phi) is 3.42. The van der Waals surface area contributed by atoms with Crippen LogP contribution in [0.3, 0.4) is 0 Å². The zero-order chi connectivity index (χ0) is 13.9. The van der Waals surface area contributed by atoms with Crippen LogP contribution < -0.4 is 9.47 Å². The second kappa shape index (κ2) is 5.37. The average Bonchev–Trinajstić information content (AvgIpc) is 2.92. The number of hydrogen-bond acceptors (Lipinski definition) is 3. The summed E-state index contributed by atoms with van der Waals surface area (Å²) in [5, 5.41) is 0. The average molecular weight is 267 g/mol. The molecule has 3 heteroatoms. The Hall–Kier alpha value is -2.29. The number of ether oxygens (including phenoxy) is 2. The molecule has 0 radical (unpaired) electrons. The number of aliphatic imine (C=N–C) groups is 1. The Balaban J connectivity index is 1.76. The molecule has 1 unspecified atom stereocenters. The van der Waals surface area contributed by atoms with Gasteiger partial charge in [-0.25, -0.2) is 0 Å². The molecule has 0 amide bonds. The van der Waals surface area contributed by atoms with Gasteiger partial charge in [-0.05, 0) is 42.8 Å². The molecule has 0 spiro atoms. The molecule has 1 aliphatic rings. The molecule has 0 saturated heterocycles. The SMILES string of the molecule is COc1ccc(N=C(C)C2Cc3ccccc3O2)cc1. The van der Waals surface area contributed by atoms with E-state index in [1.165, 1.54) is 5.56 Å². The molecule has 102 valence electrons. The van der Waals surface area contributed by atoms with Gasteiger partial charge in [0.2, 0.25) is 0 Å². The fourth-order valence-corrected chi connectivity index (χ4v) is 2.35. The maximum absolute atomic E-state index is 5.93. The van der Waals surface area contributed by atoms with E-state index in [1.54, 1.807) is 7.11 Å². The van der Waals surface area contributed by atoms with Gasteiger partial charge in [0.25, 0.3) is 0 Å². The van der Waals surface area contributed by atoms with Crippen molar-refractivity contribution in [2.45, 2.75) is 19.4 Å². The predicted octanol–water partition coefficient (Wildman–Crippen LogP) is 3.79. The van der Waals surface area contributed by atoms with Crippen molar-refractivity contribution in [2.24, 2.45) is 4.99 Å². The normalized spacial score (nSPS) is 17.5. The summed E-state index contributed by atoms with van der Waals surface area (Å²) in [6.07, 6.45) is 0.927. The lowest BCUT2D eigenvalue weighted by atomic mass is 10.1. The second-order valence-corrected chi connectivity index (χ2v) is 4.87. The van der Waals surface area contributed by atoms with Crippen LogP contribution in [0.4, 0.5) is 5.69 Å². The predicted molar refractivity (Wildman–Crippen MR) is 80.3 cm³/mol. The summed E-state index contributed by atoms with van der Waals surface area (Å²) >= 11 is 0. The van der Waals surface area contributed by atoms with Crippen molar-refractivity contribution in [3.8, 4) is 11.5 Å². The van der Waals surface area contributed by atoms with Crippen molar-refractivity contribution in [3.63, 3.8) is 0 Å². The Morgan fingerprint density at radius 3 is 2.60 bits per heavy atom. The highest BCUT2D eigenvalue weighted by molar-refractivity contribution is 5.90. The van der Waals surface area contributed by atoms with Crippen molar-refractivity contribution < 1.29 is 9.47 Å². The molecule has 1 aliphatic heterocycles. The highest BCUT2D eigenvalue weighted by atomic mass is 16.5. The van der Waals surface area contributed by atoms with Crippen molar-refractivity contribution >= 4 is 11.4 Å². The molecule has 1 atom stereocenters. The van der Waals surface area contributed by atoms with Gasteiger partial charge in [-0.15, -0.1) is 0 Å². The molecule has 0 aliphatic carbocycles. The Morgan fingerprint density at radius 1 is 1.15 bits per heavy atom. The van der Waals surface area contributed by atoms with E-state index in [0.717, 1.165) is 29.3 Å². The molecule has 3 rings (SSSR count). The fraction of sp³-hybridized carbons (Fsp3) is 0.235. The van der Waals surface area contributed by atoms with Gasteiger partial charge >= 0.3 is 0 Å². The van der Waals surface area contributed by atoms with E-state index in [1.807, 2.05) is 49.4 Å². The van der Waals surface area contributed by atoms with Crippen LogP contribution >= 0.6 is 0 Å². The van der Waals surface area contributed by atoms with Gasteiger partial charge in [0.1, 0.15) is 17.6 Å². The van der Waals surface area contributed by atoms with Crippen LogP contribution in [-0.4, -0.2) is 18.9 Å². The van der Waals surface area contributed by atoms with Crippen LogP contribution in [0.5, 0.6) is 11.5 Å². The van der Waals surface area contributed by atoms with E-state index < -0.39 is 0 Å². The van der Waals surface area contributed by atoms with Crippen LogP contribution in [0.25, 0.3) is 0 Å². The van der Waals surface area contributed by atoms with Gasteiger partial charge in [-0.2, -0.15) is 0 Å². The van der Waals surface area contributed by atoms with Crippen molar-refractivity contribution in [2.75, 3.05) is 7.11 Å². The molecule has 0 saturated carbocycles. The zero-order valence-electron chi connectivity index (χ0n) is 11.7. The maximum atomic E-state index is 5.93. The maximum Gasteiger partial charge on any atom is 0.141 e. The third kappa shape index (κ3) is 2.52. The molecule has 0 bridgehead atoms. The number of nitrogens with zero attached hydrogens (tertiary/aromatic N) is 1. The molecular formula is C17H17NO2. The minimum absolute atomic E-state index is 0.0366. The van der Waals surface area contributed by atoms with Crippen LogP contribution in [0.1, 0.15) is 12.5 Å². The van der Waals surface area contributed by atoms with E-state index in [4.69, 9.17) is 9.47 Å². The first kappa shape index (κ1) is 12.7. The molecule has 20 heavy (non-hydrogen) atoms. The second-order valence-electron chi connectivity index (χ2n) is 4.87. The zero-order valence-corrected chi connectivity index (χ0v) is 11.7. The van der Waals surface area contributed by atoms with Crippen molar-refractivity contribution in [1.29, 1.82) is 0 Å². The number of rotatable bonds is 3. The molecule has 0 fully saturated rings. The number of para-hydroxylation sites is 1.